The Morgan fingerprint density at radius 2 is 1.68 bits per heavy atom. The van der Waals surface area contributed by atoms with Crippen LogP contribution in [0.25, 0.3) is 0 Å². The van der Waals surface area contributed by atoms with Gasteiger partial charge >= 0.3 is 0 Å². The van der Waals surface area contributed by atoms with Crippen molar-refractivity contribution in [2.24, 2.45) is 0 Å². The Morgan fingerprint density at radius 1 is 1.05 bits per heavy atom. The average Bonchev–Trinajstić information content (AvgIpc) is 2.41. The lowest BCUT2D eigenvalue weighted by atomic mass is 10.1. The van der Waals surface area contributed by atoms with Crippen LogP contribution in [0, 0.1) is 0 Å². The highest BCUT2D eigenvalue weighted by Crippen LogP contribution is 2.21. The third-order valence-corrected chi connectivity index (χ3v) is 2.57. The second-order valence-electron chi connectivity index (χ2n) is 3.88. The third-order valence-electron chi connectivity index (χ3n) is 2.57. The number of hydrogen-bond acceptors (Lipinski definition) is 7. The molecule has 0 bridgehead atoms. The van der Waals surface area contributed by atoms with Crippen molar-refractivity contribution < 1.29 is 9.47 Å². The van der Waals surface area contributed by atoms with Gasteiger partial charge in [0.1, 0.15) is 5.82 Å². The molecule has 0 unspecified atom stereocenters. The van der Waals surface area contributed by atoms with Crippen LogP contribution in [0.1, 0.15) is 11.1 Å². The molecule has 2 aromatic rings. The molecule has 0 aliphatic rings. The van der Waals surface area contributed by atoms with E-state index in [0.717, 1.165) is 11.1 Å². The first kappa shape index (κ1) is 12.9. The van der Waals surface area contributed by atoms with Crippen LogP contribution in [0.2, 0.25) is 0 Å². The van der Waals surface area contributed by atoms with Crippen LogP contribution in [-0.4, -0.2) is 29.2 Å². The largest absolute Gasteiger partial charge is 0.481 e. The number of nitrogens with zero attached hydrogens (tertiary/aromatic N) is 3. The summed E-state index contributed by atoms with van der Waals surface area (Å²) in [7, 11) is 3.10. The molecule has 0 radical (unpaired) electrons. The SMILES string of the molecule is COc1cc(Cc2cnc(N)nc2N)cc(OC)n1. The van der Waals surface area contributed by atoms with E-state index < -0.39 is 0 Å². The molecule has 0 saturated heterocycles. The fourth-order valence-electron chi connectivity index (χ4n) is 1.63. The predicted octanol–water partition coefficient (Wildman–Crippen LogP) is 0.644. The van der Waals surface area contributed by atoms with Gasteiger partial charge in [0.15, 0.2) is 0 Å². The fourth-order valence-corrected chi connectivity index (χ4v) is 1.63. The van der Waals surface area contributed by atoms with E-state index in [1.807, 2.05) is 0 Å². The molecule has 2 aromatic heterocycles. The maximum absolute atomic E-state index is 5.80. The average molecular weight is 261 g/mol. The topological polar surface area (TPSA) is 109 Å². The first-order valence-electron chi connectivity index (χ1n) is 5.58. The molecule has 0 amide bonds. The maximum atomic E-state index is 5.80. The zero-order chi connectivity index (χ0) is 13.8. The van der Waals surface area contributed by atoms with Crippen molar-refractivity contribution in [1.29, 1.82) is 0 Å². The van der Waals surface area contributed by atoms with E-state index in [-0.39, 0.29) is 5.95 Å². The van der Waals surface area contributed by atoms with Gasteiger partial charge in [0.2, 0.25) is 17.7 Å². The van der Waals surface area contributed by atoms with Gasteiger partial charge in [-0.05, 0) is 5.56 Å². The van der Waals surface area contributed by atoms with Crippen LogP contribution in [0.5, 0.6) is 11.8 Å². The lowest BCUT2D eigenvalue weighted by molar-refractivity contribution is 0.364. The third kappa shape index (κ3) is 3.01. The number of aromatic nitrogens is 3. The van der Waals surface area contributed by atoms with Gasteiger partial charge in [-0.15, -0.1) is 0 Å². The van der Waals surface area contributed by atoms with Gasteiger partial charge in [0.25, 0.3) is 0 Å². The summed E-state index contributed by atoms with van der Waals surface area (Å²) in [6.07, 6.45) is 2.15. The molecule has 2 heterocycles. The lowest BCUT2D eigenvalue weighted by Crippen LogP contribution is -2.04. The Morgan fingerprint density at radius 3 is 2.21 bits per heavy atom. The Hall–Kier alpha value is -2.57. The van der Waals surface area contributed by atoms with Gasteiger partial charge in [-0.1, -0.05) is 0 Å². The molecule has 7 nitrogen and oxygen atoms in total. The summed E-state index contributed by atoms with van der Waals surface area (Å²) in [5.74, 6) is 1.47. The number of methoxy groups -OCH3 is 2. The fraction of sp³-hybridized carbons (Fsp3) is 0.250. The lowest BCUT2D eigenvalue weighted by Gasteiger charge is -2.08. The summed E-state index contributed by atoms with van der Waals surface area (Å²) < 4.78 is 10.2. The van der Waals surface area contributed by atoms with E-state index in [1.54, 1.807) is 32.5 Å². The Kier molecular flexibility index (Phi) is 3.65. The van der Waals surface area contributed by atoms with Gasteiger partial charge < -0.3 is 20.9 Å². The standard InChI is InChI=1S/C12H15N5O2/c1-18-9-4-7(5-10(16-9)19-2)3-8-6-15-12(14)17-11(8)13/h4-6H,3H2,1-2H3,(H4,13,14,15,17). The number of nitrogen functional groups attached to an aromatic ring is 2. The van der Waals surface area contributed by atoms with E-state index in [2.05, 4.69) is 15.0 Å². The highest BCUT2D eigenvalue weighted by Gasteiger charge is 2.08. The molecule has 0 fully saturated rings. The number of pyridine rings is 1. The number of anilines is 2. The van der Waals surface area contributed by atoms with Crippen molar-refractivity contribution in [2.75, 3.05) is 25.7 Å². The van der Waals surface area contributed by atoms with E-state index in [4.69, 9.17) is 20.9 Å². The smallest absolute Gasteiger partial charge is 0.221 e. The van der Waals surface area contributed by atoms with Crippen LogP contribution >= 0.6 is 0 Å². The summed E-state index contributed by atoms with van der Waals surface area (Å²) in [5.41, 5.74) is 13.0. The van der Waals surface area contributed by atoms with Crippen molar-refractivity contribution in [1.82, 2.24) is 15.0 Å². The van der Waals surface area contributed by atoms with Crippen molar-refractivity contribution in [2.45, 2.75) is 6.42 Å². The highest BCUT2D eigenvalue weighted by atomic mass is 16.5. The molecule has 4 N–H and O–H groups in total. The molecule has 0 aliphatic heterocycles. The number of ether oxygens (including phenoxy) is 2. The van der Waals surface area contributed by atoms with E-state index in [9.17, 15) is 0 Å². The summed E-state index contributed by atoms with van der Waals surface area (Å²) >= 11 is 0. The Labute approximate surface area is 110 Å². The van der Waals surface area contributed by atoms with E-state index in [0.29, 0.717) is 24.0 Å². The number of rotatable bonds is 4. The van der Waals surface area contributed by atoms with Crippen molar-refractivity contribution in [3.8, 4) is 11.8 Å². The first-order valence-corrected chi connectivity index (χ1v) is 5.58. The van der Waals surface area contributed by atoms with Crippen molar-refractivity contribution in [3.05, 3.63) is 29.5 Å². The normalized spacial score (nSPS) is 10.2. The molecule has 100 valence electrons. The predicted molar refractivity (Wildman–Crippen MR) is 71.0 cm³/mol. The van der Waals surface area contributed by atoms with E-state index >= 15 is 0 Å². The van der Waals surface area contributed by atoms with Gasteiger partial charge in [-0.2, -0.15) is 9.97 Å². The number of nitrogens with two attached hydrogens (primary N) is 2. The molecule has 0 aromatic carbocycles. The summed E-state index contributed by atoms with van der Waals surface area (Å²) in [6, 6.07) is 3.61. The van der Waals surface area contributed by atoms with Crippen LogP contribution in [0.3, 0.4) is 0 Å². The van der Waals surface area contributed by atoms with Crippen LogP contribution in [0.4, 0.5) is 11.8 Å². The highest BCUT2D eigenvalue weighted by molar-refractivity contribution is 5.45. The monoisotopic (exact) mass is 261 g/mol. The summed E-state index contributed by atoms with van der Waals surface area (Å²) in [5, 5.41) is 0. The molecular weight excluding hydrogens is 246 g/mol. The molecule has 7 heteroatoms. The van der Waals surface area contributed by atoms with Crippen LogP contribution in [-0.2, 0) is 6.42 Å². The second-order valence-corrected chi connectivity index (χ2v) is 3.88. The first-order chi connectivity index (χ1) is 9.12. The quantitative estimate of drug-likeness (QED) is 0.831. The van der Waals surface area contributed by atoms with Gasteiger partial charge in [0, 0.05) is 30.3 Å². The molecule has 0 saturated carbocycles. The van der Waals surface area contributed by atoms with Crippen LogP contribution in [0.15, 0.2) is 18.3 Å². The van der Waals surface area contributed by atoms with Gasteiger partial charge in [0.05, 0.1) is 14.2 Å². The van der Waals surface area contributed by atoms with Crippen LogP contribution < -0.4 is 20.9 Å². The Balaban J connectivity index is 2.31. The molecule has 0 spiro atoms. The molecule has 0 aliphatic carbocycles. The second kappa shape index (κ2) is 5.38. The molecule has 19 heavy (non-hydrogen) atoms. The molecule has 2 rings (SSSR count). The van der Waals surface area contributed by atoms with Crippen molar-refractivity contribution in [3.63, 3.8) is 0 Å². The van der Waals surface area contributed by atoms with Gasteiger partial charge in [-0.25, -0.2) is 4.98 Å². The molecular formula is C12H15N5O2. The minimum atomic E-state index is 0.158. The summed E-state index contributed by atoms with van der Waals surface area (Å²) in [4.78, 5) is 12.0. The minimum absolute atomic E-state index is 0.158. The van der Waals surface area contributed by atoms with Gasteiger partial charge in [-0.3, -0.25) is 0 Å². The zero-order valence-corrected chi connectivity index (χ0v) is 10.8. The van der Waals surface area contributed by atoms with E-state index in [1.165, 1.54) is 0 Å². The minimum Gasteiger partial charge on any atom is -0.481 e. The zero-order valence-electron chi connectivity index (χ0n) is 10.8. The maximum Gasteiger partial charge on any atom is 0.221 e. The summed E-state index contributed by atoms with van der Waals surface area (Å²) in [6.45, 7) is 0. The molecule has 0 atom stereocenters. The number of hydrogen-bond donors (Lipinski definition) is 2. The Bertz CT molecular complexity index is 566. The van der Waals surface area contributed by atoms with Crippen molar-refractivity contribution >= 4 is 11.8 Å².